The number of rotatable bonds is 0. The van der Waals surface area contributed by atoms with Crippen molar-refractivity contribution < 1.29 is 0 Å². The molecule has 0 fully saturated rings. The Balaban J connectivity index is 2.38. The van der Waals surface area contributed by atoms with E-state index >= 15 is 0 Å². The second-order valence-electron chi connectivity index (χ2n) is 3.22. The van der Waals surface area contributed by atoms with Gasteiger partial charge in [0.15, 0.2) is 0 Å². The molecule has 0 spiro atoms. The van der Waals surface area contributed by atoms with Crippen molar-refractivity contribution in [2.24, 2.45) is 0 Å². The maximum absolute atomic E-state index is 4.03. The van der Waals surface area contributed by atoms with Gasteiger partial charge in [-0.2, -0.15) is 5.10 Å². The number of H-pyrrole nitrogens is 1. The molecule has 3 nitrogen and oxygen atoms in total. The minimum atomic E-state index is 1.06. The van der Waals surface area contributed by atoms with E-state index in [0.717, 1.165) is 16.6 Å². The van der Waals surface area contributed by atoms with Crippen LogP contribution in [-0.4, -0.2) is 10.2 Å². The molecule has 2 N–H and O–H groups in total. The third-order valence-electron chi connectivity index (χ3n) is 2.37. The summed E-state index contributed by atoms with van der Waals surface area (Å²) >= 11 is 0. The van der Waals surface area contributed by atoms with Crippen LogP contribution in [0.4, 0.5) is 5.69 Å². The van der Waals surface area contributed by atoms with E-state index in [2.05, 4.69) is 27.7 Å². The third-order valence-corrected chi connectivity index (χ3v) is 2.37. The SMILES string of the molecule is C1=CNc2c(ccc3[nH]ncc23)C=C1. The number of allylic oxidation sites excluding steroid dienone is 2. The molecule has 1 aliphatic rings. The third kappa shape index (κ3) is 0.956. The van der Waals surface area contributed by atoms with Crippen molar-refractivity contribution in [3.63, 3.8) is 0 Å². The van der Waals surface area contributed by atoms with Gasteiger partial charge in [-0.05, 0) is 17.7 Å². The van der Waals surface area contributed by atoms with Gasteiger partial charge in [-0.15, -0.1) is 0 Å². The topological polar surface area (TPSA) is 40.7 Å². The van der Waals surface area contributed by atoms with Crippen molar-refractivity contribution in [2.45, 2.75) is 0 Å². The smallest absolute Gasteiger partial charge is 0.0671 e. The molecule has 0 radical (unpaired) electrons. The molecule has 1 aromatic carbocycles. The summed E-state index contributed by atoms with van der Waals surface area (Å²) < 4.78 is 0. The Kier molecular flexibility index (Phi) is 1.44. The van der Waals surface area contributed by atoms with Gasteiger partial charge in [-0.25, -0.2) is 0 Å². The van der Waals surface area contributed by atoms with E-state index < -0.39 is 0 Å². The van der Waals surface area contributed by atoms with E-state index in [0.29, 0.717) is 0 Å². The quantitative estimate of drug-likeness (QED) is 0.658. The van der Waals surface area contributed by atoms with Gasteiger partial charge in [0.2, 0.25) is 0 Å². The minimum Gasteiger partial charge on any atom is -0.361 e. The van der Waals surface area contributed by atoms with Gasteiger partial charge in [0.25, 0.3) is 0 Å². The van der Waals surface area contributed by atoms with Crippen molar-refractivity contribution in [3.05, 3.63) is 42.2 Å². The predicted octanol–water partition coefficient (Wildman–Crippen LogP) is 2.52. The number of aromatic nitrogens is 2. The highest BCUT2D eigenvalue weighted by Crippen LogP contribution is 2.28. The van der Waals surface area contributed by atoms with Gasteiger partial charge in [-0.1, -0.05) is 18.2 Å². The molecule has 1 aliphatic heterocycles. The Morgan fingerprint density at radius 1 is 1.14 bits per heavy atom. The first-order valence-corrected chi connectivity index (χ1v) is 4.51. The summed E-state index contributed by atoms with van der Waals surface area (Å²) in [7, 11) is 0. The zero-order valence-corrected chi connectivity index (χ0v) is 7.49. The Hall–Kier alpha value is -2.03. The normalized spacial score (nSPS) is 13.7. The first kappa shape index (κ1) is 7.38. The average molecular weight is 183 g/mol. The number of fused-ring (bicyclic) bond motifs is 3. The number of hydrogen-bond acceptors (Lipinski definition) is 2. The van der Waals surface area contributed by atoms with Crippen LogP contribution in [0, 0.1) is 0 Å². The summed E-state index contributed by atoms with van der Waals surface area (Å²) in [6.45, 7) is 0. The first-order valence-electron chi connectivity index (χ1n) is 4.51. The van der Waals surface area contributed by atoms with E-state index in [1.54, 1.807) is 0 Å². The van der Waals surface area contributed by atoms with Crippen molar-refractivity contribution in [1.29, 1.82) is 0 Å². The fourth-order valence-corrected chi connectivity index (χ4v) is 1.68. The number of anilines is 1. The standard InChI is InChI=1S/C11H9N3/c1-2-6-12-11-8(3-1)4-5-10-9(11)7-13-14-10/h1-7,12H,(H,13,14). The number of benzene rings is 1. The first-order chi connectivity index (χ1) is 6.95. The molecule has 3 rings (SSSR count). The lowest BCUT2D eigenvalue weighted by Crippen LogP contribution is -1.89. The average Bonchev–Trinajstić information content (AvgIpc) is 2.55. The van der Waals surface area contributed by atoms with E-state index in [4.69, 9.17) is 0 Å². The lowest BCUT2D eigenvalue weighted by Gasteiger charge is -2.05. The lowest BCUT2D eigenvalue weighted by atomic mass is 10.1. The van der Waals surface area contributed by atoms with Gasteiger partial charge in [0.05, 0.1) is 17.4 Å². The zero-order chi connectivity index (χ0) is 9.38. The minimum absolute atomic E-state index is 1.06. The van der Waals surface area contributed by atoms with Gasteiger partial charge < -0.3 is 5.32 Å². The number of nitrogens with zero attached hydrogens (tertiary/aromatic N) is 1. The van der Waals surface area contributed by atoms with Crippen LogP contribution >= 0.6 is 0 Å². The van der Waals surface area contributed by atoms with E-state index in [9.17, 15) is 0 Å². The van der Waals surface area contributed by atoms with Crippen molar-refractivity contribution in [2.75, 3.05) is 5.32 Å². The van der Waals surface area contributed by atoms with Crippen LogP contribution in [0.3, 0.4) is 0 Å². The predicted molar refractivity (Wildman–Crippen MR) is 57.9 cm³/mol. The largest absolute Gasteiger partial charge is 0.361 e. The molecule has 0 bridgehead atoms. The maximum Gasteiger partial charge on any atom is 0.0671 e. The highest BCUT2D eigenvalue weighted by Gasteiger charge is 2.06. The summed E-state index contributed by atoms with van der Waals surface area (Å²) in [6, 6.07) is 4.12. The Morgan fingerprint density at radius 3 is 3.14 bits per heavy atom. The van der Waals surface area contributed by atoms with Gasteiger partial charge in [0.1, 0.15) is 0 Å². The Bertz CT molecular complexity index is 534. The second kappa shape index (κ2) is 2.73. The number of aromatic amines is 1. The van der Waals surface area contributed by atoms with E-state index in [-0.39, 0.29) is 0 Å². The van der Waals surface area contributed by atoms with Crippen LogP contribution in [0.5, 0.6) is 0 Å². The molecule has 68 valence electrons. The molecule has 0 saturated heterocycles. The Labute approximate surface area is 81.1 Å². The summed E-state index contributed by atoms with van der Waals surface area (Å²) in [6.07, 6.45) is 9.85. The highest BCUT2D eigenvalue weighted by molar-refractivity contribution is 5.96. The van der Waals surface area contributed by atoms with Crippen LogP contribution in [0.1, 0.15) is 5.56 Å². The molecule has 2 heterocycles. The summed E-state index contributed by atoms with van der Waals surface area (Å²) in [4.78, 5) is 0. The monoisotopic (exact) mass is 183 g/mol. The van der Waals surface area contributed by atoms with Crippen LogP contribution in [0.15, 0.2) is 36.7 Å². The molecular weight excluding hydrogens is 174 g/mol. The van der Waals surface area contributed by atoms with Crippen LogP contribution < -0.4 is 5.32 Å². The van der Waals surface area contributed by atoms with Crippen LogP contribution in [-0.2, 0) is 0 Å². The van der Waals surface area contributed by atoms with E-state index in [1.807, 2.05) is 30.6 Å². The maximum atomic E-state index is 4.03. The summed E-state index contributed by atoms with van der Waals surface area (Å²) in [5.74, 6) is 0. The van der Waals surface area contributed by atoms with E-state index in [1.165, 1.54) is 5.56 Å². The molecule has 1 aromatic heterocycles. The van der Waals surface area contributed by atoms with Crippen LogP contribution in [0.2, 0.25) is 0 Å². The molecule has 0 atom stereocenters. The molecule has 0 amide bonds. The molecular formula is C11H9N3. The molecule has 2 aromatic rings. The molecule has 3 heteroatoms. The fourth-order valence-electron chi connectivity index (χ4n) is 1.68. The van der Waals surface area contributed by atoms with Crippen LogP contribution in [0.25, 0.3) is 17.0 Å². The van der Waals surface area contributed by atoms with Crippen molar-refractivity contribution in [3.8, 4) is 0 Å². The van der Waals surface area contributed by atoms with Gasteiger partial charge in [0, 0.05) is 11.6 Å². The fraction of sp³-hybridized carbons (Fsp3) is 0. The van der Waals surface area contributed by atoms with Crippen molar-refractivity contribution in [1.82, 2.24) is 10.2 Å². The zero-order valence-electron chi connectivity index (χ0n) is 7.49. The Morgan fingerprint density at radius 2 is 2.14 bits per heavy atom. The summed E-state index contributed by atoms with van der Waals surface area (Å²) in [5, 5.41) is 11.4. The number of hydrogen-bond donors (Lipinski definition) is 2. The summed E-state index contributed by atoms with van der Waals surface area (Å²) in [5.41, 5.74) is 3.35. The number of nitrogens with one attached hydrogen (secondary N) is 2. The lowest BCUT2D eigenvalue weighted by molar-refractivity contribution is 1.12. The molecule has 14 heavy (non-hydrogen) atoms. The second-order valence-corrected chi connectivity index (χ2v) is 3.22. The highest BCUT2D eigenvalue weighted by atomic mass is 15.1. The molecule has 0 saturated carbocycles. The van der Waals surface area contributed by atoms with Crippen molar-refractivity contribution >= 4 is 22.7 Å². The molecule has 0 aliphatic carbocycles. The van der Waals surface area contributed by atoms with Gasteiger partial charge >= 0.3 is 0 Å². The van der Waals surface area contributed by atoms with Gasteiger partial charge in [-0.3, -0.25) is 5.10 Å². The molecule has 0 unspecified atom stereocenters.